The fraction of sp³-hybridized carbons (Fsp3) is 0.667. The van der Waals surface area contributed by atoms with Gasteiger partial charge in [0.05, 0.1) is 0 Å². The molecule has 1 saturated heterocycles. The fourth-order valence-electron chi connectivity index (χ4n) is 2.53. The molecule has 0 aliphatic carbocycles. The van der Waals surface area contributed by atoms with Crippen LogP contribution < -0.4 is 0 Å². The highest BCUT2D eigenvalue weighted by molar-refractivity contribution is 5.76. The van der Waals surface area contributed by atoms with E-state index in [2.05, 4.69) is 5.10 Å². The van der Waals surface area contributed by atoms with Gasteiger partial charge in [-0.3, -0.25) is 9.48 Å². The van der Waals surface area contributed by atoms with Gasteiger partial charge in [0.1, 0.15) is 0 Å². The zero-order valence-electron chi connectivity index (χ0n) is 11.0. The van der Waals surface area contributed by atoms with Crippen LogP contribution in [0.1, 0.15) is 12.1 Å². The second kappa shape index (κ2) is 5.08. The molecule has 112 valence electrons. The Balaban J connectivity index is 2.01. The molecule has 1 atom stereocenters. The highest BCUT2D eigenvalue weighted by atomic mass is 19.4. The molecule has 1 fully saturated rings. The van der Waals surface area contributed by atoms with E-state index in [4.69, 9.17) is 5.11 Å². The van der Waals surface area contributed by atoms with Crippen molar-refractivity contribution in [1.82, 2.24) is 14.7 Å². The van der Waals surface area contributed by atoms with Gasteiger partial charge in [0, 0.05) is 38.4 Å². The first kappa shape index (κ1) is 14.8. The highest BCUT2D eigenvalue weighted by Crippen LogP contribution is 2.45. The van der Waals surface area contributed by atoms with Gasteiger partial charge in [-0.15, -0.1) is 0 Å². The SMILES string of the molecule is Cn1nccc1CCN1CCC(C(=O)O)(C(F)(F)F)C1. The molecule has 1 aliphatic rings. The Bertz CT molecular complexity index is 500. The van der Waals surface area contributed by atoms with Crippen LogP contribution in [-0.4, -0.2) is 51.6 Å². The number of carboxylic acid groups (broad SMARTS) is 1. The molecule has 0 spiro atoms. The van der Waals surface area contributed by atoms with Gasteiger partial charge in [-0.2, -0.15) is 18.3 Å². The first-order chi connectivity index (χ1) is 9.26. The molecule has 8 heteroatoms. The third-order valence-corrected chi connectivity index (χ3v) is 3.91. The van der Waals surface area contributed by atoms with E-state index >= 15 is 0 Å². The maximum atomic E-state index is 13.0. The van der Waals surface area contributed by atoms with Crippen molar-refractivity contribution in [3.63, 3.8) is 0 Å². The molecule has 1 unspecified atom stereocenters. The Morgan fingerprint density at radius 1 is 1.55 bits per heavy atom. The minimum Gasteiger partial charge on any atom is -0.481 e. The Morgan fingerprint density at radius 2 is 2.25 bits per heavy atom. The molecule has 0 saturated carbocycles. The van der Waals surface area contributed by atoms with Crippen molar-refractivity contribution in [2.75, 3.05) is 19.6 Å². The number of rotatable bonds is 4. The predicted octanol–water partition coefficient (Wildman–Crippen LogP) is 1.30. The van der Waals surface area contributed by atoms with E-state index in [9.17, 15) is 18.0 Å². The van der Waals surface area contributed by atoms with Crippen LogP contribution in [0.4, 0.5) is 13.2 Å². The van der Waals surface area contributed by atoms with Gasteiger partial charge in [0.15, 0.2) is 5.41 Å². The summed E-state index contributed by atoms with van der Waals surface area (Å²) in [6.45, 7) is 0.0536. The van der Waals surface area contributed by atoms with Crippen LogP contribution in [0.3, 0.4) is 0 Å². The number of aliphatic carboxylic acids is 1. The van der Waals surface area contributed by atoms with Crippen LogP contribution in [0, 0.1) is 5.41 Å². The molecule has 20 heavy (non-hydrogen) atoms. The second-order valence-electron chi connectivity index (χ2n) is 5.11. The summed E-state index contributed by atoms with van der Waals surface area (Å²) in [5, 5.41) is 12.9. The number of carboxylic acids is 1. The zero-order valence-corrected chi connectivity index (χ0v) is 11.0. The number of alkyl halides is 3. The van der Waals surface area contributed by atoms with Crippen molar-refractivity contribution < 1.29 is 23.1 Å². The van der Waals surface area contributed by atoms with Gasteiger partial charge in [-0.05, 0) is 19.0 Å². The van der Waals surface area contributed by atoms with Crippen molar-refractivity contribution in [3.8, 4) is 0 Å². The topological polar surface area (TPSA) is 58.4 Å². The quantitative estimate of drug-likeness (QED) is 0.908. The van der Waals surface area contributed by atoms with Crippen molar-refractivity contribution >= 4 is 5.97 Å². The summed E-state index contributed by atoms with van der Waals surface area (Å²) in [4.78, 5) is 12.6. The van der Waals surface area contributed by atoms with Gasteiger partial charge < -0.3 is 10.0 Å². The lowest BCUT2D eigenvalue weighted by Gasteiger charge is -2.27. The van der Waals surface area contributed by atoms with E-state index < -0.39 is 30.5 Å². The van der Waals surface area contributed by atoms with Crippen LogP contribution in [0.25, 0.3) is 0 Å². The fourth-order valence-corrected chi connectivity index (χ4v) is 2.53. The molecule has 0 amide bonds. The molecule has 2 rings (SSSR count). The Hall–Kier alpha value is -1.57. The lowest BCUT2D eigenvalue weighted by Crippen LogP contribution is -2.47. The van der Waals surface area contributed by atoms with E-state index in [0.717, 1.165) is 5.69 Å². The summed E-state index contributed by atoms with van der Waals surface area (Å²) in [7, 11) is 1.76. The summed E-state index contributed by atoms with van der Waals surface area (Å²) in [6, 6.07) is 1.80. The van der Waals surface area contributed by atoms with E-state index in [1.165, 1.54) is 0 Å². The van der Waals surface area contributed by atoms with E-state index in [1.807, 2.05) is 0 Å². The number of aryl methyl sites for hydroxylation is 1. The molecular formula is C12H16F3N3O2. The molecule has 1 aromatic heterocycles. The summed E-state index contributed by atoms with van der Waals surface area (Å²) in [6.07, 6.45) is -2.95. The smallest absolute Gasteiger partial charge is 0.406 e. The van der Waals surface area contributed by atoms with E-state index in [0.29, 0.717) is 13.0 Å². The first-order valence-corrected chi connectivity index (χ1v) is 6.26. The number of hydrogen-bond donors (Lipinski definition) is 1. The number of hydrogen-bond acceptors (Lipinski definition) is 3. The maximum absolute atomic E-state index is 13.0. The minimum absolute atomic E-state index is 0.143. The Kier molecular flexibility index (Phi) is 3.77. The zero-order chi connectivity index (χ0) is 15.0. The summed E-state index contributed by atoms with van der Waals surface area (Å²) >= 11 is 0. The van der Waals surface area contributed by atoms with Crippen molar-refractivity contribution in [2.45, 2.75) is 19.0 Å². The predicted molar refractivity (Wildman–Crippen MR) is 64.1 cm³/mol. The molecule has 0 bridgehead atoms. The van der Waals surface area contributed by atoms with Crippen LogP contribution in [0.5, 0.6) is 0 Å². The normalized spacial score (nSPS) is 24.2. The third kappa shape index (κ3) is 2.52. The number of likely N-dealkylation sites (tertiary alicyclic amines) is 1. The standard InChI is InChI=1S/C12H16F3N3O2/c1-17-9(2-5-16-17)3-6-18-7-4-11(8-18,10(19)20)12(13,14)15/h2,5H,3-4,6-8H2,1H3,(H,19,20). The average molecular weight is 291 g/mol. The molecule has 1 aliphatic heterocycles. The van der Waals surface area contributed by atoms with Crippen molar-refractivity contribution in [1.29, 1.82) is 0 Å². The molecule has 1 aromatic rings. The second-order valence-corrected chi connectivity index (χ2v) is 5.11. The molecular weight excluding hydrogens is 275 g/mol. The van der Waals surface area contributed by atoms with Crippen LogP contribution in [0.2, 0.25) is 0 Å². The number of halogens is 3. The van der Waals surface area contributed by atoms with Crippen molar-refractivity contribution in [3.05, 3.63) is 18.0 Å². The average Bonchev–Trinajstić information content (AvgIpc) is 2.92. The van der Waals surface area contributed by atoms with Gasteiger partial charge in [-0.25, -0.2) is 0 Å². The molecule has 1 N–H and O–H groups in total. The number of aromatic nitrogens is 2. The summed E-state index contributed by atoms with van der Waals surface area (Å²) in [5.41, 5.74) is -1.72. The third-order valence-electron chi connectivity index (χ3n) is 3.91. The lowest BCUT2D eigenvalue weighted by atomic mass is 9.86. The monoisotopic (exact) mass is 291 g/mol. The number of nitrogens with zero attached hydrogens (tertiary/aromatic N) is 3. The number of carbonyl (C=O) groups is 1. The van der Waals surface area contributed by atoms with Crippen LogP contribution >= 0.6 is 0 Å². The van der Waals surface area contributed by atoms with Gasteiger partial charge in [-0.1, -0.05) is 0 Å². The van der Waals surface area contributed by atoms with Gasteiger partial charge >= 0.3 is 12.1 Å². The Labute approximate surface area is 114 Å². The summed E-state index contributed by atoms with van der Waals surface area (Å²) < 4.78 is 40.6. The van der Waals surface area contributed by atoms with Crippen molar-refractivity contribution in [2.24, 2.45) is 12.5 Å². The Morgan fingerprint density at radius 3 is 2.70 bits per heavy atom. The molecule has 5 nitrogen and oxygen atoms in total. The van der Waals surface area contributed by atoms with Crippen LogP contribution in [-0.2, 0) is 18.3 Å². The molecule has 2 heterocycles. The first-order valence-electron chi connectivity index (χ1n) is 6.26. The molecule has 0 aromatic carbocycles. The minimum atomic E-state index is -4.72. The molecule has 0 radical (unpaired) electrons. The van der Waals surface area contributed by atoms with Crippen LogP contribution in [0.15, 0.2) is 12.3 Å². The van der Waals surface area contributed by atoms with Gasteiger partial charge in [0.25, 0.3) is 0 Å². The largest absolute Gasteiger partial charge is 0.481 e. The van der Waals surface area contributed by atoms with E-state index in [-0.39, 0.29) is 6.54 Å². The van der Waals surface area contributed by atoms with Gasteiger partial charge in [0.2, 0.25) is 0 Å². The summed E-state index contributed by atoms with van der Waals surface area (Å²) in [5.74, 6) is -1.78. The van der Waals surface area contributed by atoms with E-state index in [1.54, 1.807) is 28.9 Å². The maximum Gasteiger partial charge on any atom is 0.406 e. The highest BCUT2D eigenvalue weighted by Gasteiger charge is 2.63. The lowest BCUT2D eigenvalue weighted by molar-refractivity contribution is -0.227.